The van der Waals surface area contributed by atoms with Crippen LogP contribution in [0.4, 0.5) is 0 Å². The van der Waals surface area contributed by atoms with Crippen LogP contribution >= 0.6 is 0 Å². The average Bonchev–Trinajstić information content (AvgIpc) is 2.14. The second-order valence-corrected chi connectivity index (χ2v) is 2.38. The number of hydrogen-bond donors (Lipinski definition) is 6. The molecule has 0 heterocycles. The summed E-state index contributed by atoms with van der Waals surface area (Å²) in [5.74, 6) is 0. The predicted octanol–water partition coefficient (Wildman–Crippen LogP) is -6.57. The zero-order valence-corrected chi connectivity index (χ0v) is 11.4. The Kier molecular flexibility index (Phi) is 21.8. The van der Waals surface area contributed by atoms with Crippen molar-refractivity contribution in [2.24, 2.45) is 0 Å². The first-order valence-corrected chi connectivity index (χ1v) is 4.15. The molecular weight excluding hydrogens is 233 g/mol. The summed E-state index contributed by atoms with van der Waals surface area (Å²) < 4.78 is 8.63. The molecule has 0 fully saturated rings. The summed E-state index contributed by atoms with van der Waals surface area (Å²) in [6.07, 6.45) is -0.614. The van der Waals surface area contributed by atoms with Gasteiger partial charge in [0.05, 0.1) is 25.9 Å². The third-order valence-corrected chi connectivity index (χ3v) is 0.934. The topological polar surface area (TPSA) is 140 Å². The van der Waals surface area contributed by atoms with Crippen LogP contribution in [0.25, 0.3) is 0 Å². The SMILES string of the molecule is CC(COB(O)O)OB(O)O.OCCO.[H-].[Na+]. The van der Waals surface area contributed by atoms with Crippen molar-refractivity contribution in [1.29, 1.82) is 0 Å². The van der Waals surface area contributed by atoms with Crippen molar-refractivity contribution in [2.75, 3.05) is 19.8 Å². The van der Waals surface area contributed by atoms with Gasteiger partial charge in [-0.05, 0) is 6.92 Å². The molecule has 8 nitrogen and oxygen atoms in total. The fourth-order valence-corrected chi connectivity index (χ4v) is 0.469. The van der Waals surface area contributed by atoms with Gasteiger partial charge in [0, 0.05) is 0 Å². The second-order valence-electron chi connectivity index (χ2n) is 2.38. The number of hydrogen-bond acceptors (Lipinski definition) is 8. The Morgan fingerprint density at radius 3 is 1.75 bits per heavy atom. The first kappa shape index (κ1) is 22.0. The molecule has 1 unspecified atom stereocenters. The predicted molar refractivity (Wildman–Crippen MR) is 52.2 cm³/mol. The maximum Gasteiger partial charge on any atom is 1.00 e. The van der Waals surface area contributed by atoms with Gasteiger partial charge in [0.25, 0.3) is 0 Å². The van der Waals surface area contributed by atoms with E-state index in [-0.39, 0.29) is 50.8 Å². The van der Waals surface area contributed by atoms with Gasteiger partial charge in [-0.3, -0.25) is 0 Å². The van der Waals surface area contributed by atoms with Gasteiger partial charge in [-0.25, -0.2) is 0 Å². The van der Waals surface area contributed by atoms with Gasteiger partial charge in [0.15, 0.2) is 0 Å². The number of rotatable bonds is 6. The van der Waals surface area contributed by atoms with Crippen LogP contribution in [-0.4, -0.2) is 70.9 Å². The van der Waals surface area contributed by atoms with Crippen molar-refractivity contribution in [3.63, 3.8) is 0 Å². The second kappa shape index (κ2) is 15.8. The standard InChI is InChI=1S/C3H10B2O6.C2H6O2.Na.H/c1-3(11-5(8)9)2-10-4(6)7;3-1-2-4;;/h3,6-9H,2H2,1H3;3-4H,1-2H2;;/q;;+1;-1. The molecule has 0 aromatic carbocycles. The van der Waals surface area contributed by atoms with Gasteiger partial charge in [-0.1, -0.05) is 0 Å². The Morgan fingerprint density at radius 1 is 1.06 bits per heavy atom. The fraction of sp³-hybridized carbons (Fsp3) is 1.00. The Hall–Kier alpha value is 0.810. The molecule has 0 spiro atoms. The van der Waals surface area contributed by atoms with Crippen LogP contribution in [0.2, 0.25) is 0 Å². The van der Waals surface area contributed by atoms with Crippen LogP contribution in [0, 0.1) is 0 Å². The molecule has 16 heavy (non-hydrogen) atoms. The van der Waals surface area contributed by atoms with E-state index in [4.69, 9.17) is 30.3 Å². The molecule has 1 atom stereocenters. The van der Waals surface area contributed by atoms with Crippen LogP contribution in [0.1, 0.15) is 8.35 Å². The summed E-state index contributed by atoms with van der Waals surface area (Å²) in [4.78, 5) is 0. The summed E-state index contributed by atoms with van der Waals surface area (Å²) in [7, 11) is -3.73. The zero-order chi connectivity index (χ0) is 12.3. The quantitative estimate of drug-likeness (QED) is 0.255. The molecule has 0 aliphatic carbocycles. The summed E-state index contributed by atoms with van der Waals surface area (Å²) in [5, 5.41) is 48.1. The Bertz CT molecular complexity index is 132. The minimum Gasteiger partial charge on any atom is -1.00 e. The van der Waals surface area contributed by atoms with Crippen molar-refractivity contribution in [3.05, 3.63) is 0 Å². The molecular formula is C5H17B2NaO8. The van der Waals surface area contributed by atoms with Crippen LogP contribution < -0.4 is 29.6 Å². The van der Waals surface area contributed by atoms with Gasteiger partial charge in [-0.15, -0.1) is 0 Å². The summed E-state index contributed by atoms with van der Waals surface area (Å²) >= 11 is 0. The van der Waals surface area contributed by atoms with E-state index in [2.05, 4.69) is 9.31 Å². The normalized spacial score (nSPS) is 10.7. The van der Waals surface area contributed by atoms with Crippen LogP contribution in [-0.2, 0) is 9.31 Å². The minimum atomic E-state index is -1.87. The van der Waals surface area contributed by atoms with Crippen molar-refractivity contribution < 1.29 is 70.6 Å². The van der Waals surface area contributed by atoms with Gasteiger partial charge in [0.2, 0.25) is 0 Å². The van der Waals surface area contributed by atoms with E-state index in [1.165, 1.54) is 6.92 Å². The van der Waals surface area contributed by atoms with Gasteiger partial charge >= 0.3 is 44.2 Å². The van der Waals surface area contributed by atoms with Gasteiger partial charge < -0.3 is 41.0 Å². The van der Waals surface area contributed by atoms with Crippen molar-refractivity contribution in [3.8, 4) is 0 Å². The summed E-state index contributed by atoms with van der Waals surface area (Å²) in [6, 6.07) is 0. The van der Waals surface area contributed by atoms with E-state index in [0.29, 0.717) is 0 Å². The molecule has 0 aliphatic heterocycles. The minimum absolute atomic E-state index is 0. The Balaban J connectivity index is -0.000000123. The first-order valence-electron chi connectivity index (χ1n) is 4.15. The smallest absolute Gasteiger partial charge is 1.00 e. The van der Waals surface area contributed by atoms with Crippen LogP contribution in [0.5, 0.6) is 0 Å². The third-order valence-electron chi connectivity index (χ3n) is 0.934. The molecule has 92 valence electrons. The van der Waals surface area contributed by atoms with Crippen molar-refractivity contribution in [1.82, 2.24) is 0 Å². The largest absolute Gasteiger partial charge is 1.00 e. The maximum atomic E-state index is 8.24. The number of aliphatic hydroxyl groups excluding tert-OH is 2. The molecule has 0 saturated carbocycles. The Morgan fingerprint density at radius 2 is 1.50 bits per heavy atom. The third kappa shape index (κ3) is 24.2. The van der Waals surface area contributed by atoms with E-state index in [1.807, 2.05) is 0 Å². The Labute approximate surface area is 118 Å². The van der Waals surface area contributed by atoms with E-state index < -0.39 is 20.7 Å². The molecule has 0 aromatic heterocycles. The van der Waals surface area contributed by atoms with Crippen LogP contribution in [0.3, 0.4) is 0 Å². The molecule has 0 aliphatic rings. The molecule has 0 bridgehead atoms. The molecule has 0 radical (unpaired) electrons. The van der Waals surface area contributed by atoms with E-state index in [1.54, 1.807) is 0 Å². The van der Waals surface area contributed by atoms with Crippen molar-refractivity contribution >= 4 is 14.6 Å². The summed E-state index contributed by atoms with van der Waals surface area (Å²) in [5.41, 5.74) is 0. The van der Waals surface area contributed by atoms with E-state index in [9.17, 15) is 0 Å². The van der Waals surface area contributed by atoms with Crippen molar-refractivity contribution in [2.45, 2.75) is 13.0 Å². The number of aliphatic hydroxyl groups is 2. The summed E-state index contributed by atoms with van der Waals surface area (Å²) in [6.45, 7) is 1.11. The van der Waals surface area contributed by atoms with Gasteiger partial charge in [-0.2, -0.15) is 0 Å². The molecule has 0 amide bonds. The molecule has 0 aromatic rings. The van der Waals surface area contributed by atoms with E-state index in [0.717, 1.165) is 0 Å². The zero-order valence-electron chi connectivity index (χ0n) is 10.4. The van der Waals surface area contributed by atoms with Gasteiger partial charge in [0.1, 0.15) is 0 Å². The monoisotopic (exact) mass is 250 g/mol. The fourth-order valence-electron chi connectivity index (χ4n) is 0.469. The molecule has 11 heteroatoms. The maximum absolute atomic E-state index is 8.24. The molecule has 0 saturated heterocycles. The first-order chi connectivity index (χ1) is 6.93. The van der Waals surface area contributed by atoms with E-state index >= 15 is 0 Å². The average molecular weight is 250 g/mol. The molecule has 6 N–H and O–H groups in total. The molecule has 0 rings (SSSR count). The van der Waals surface area contributed by atoms with Crippen LogP contribution in [0.15, 0.2) is 0 Å².